The average molecular weight is 412 g/mol. The third-order valence-electron chi connectivity index (χ3n) is 5.97. The van der Waals surface area contributed by atoms with Gasteiger partial charge in [-0.3, -0.25) is 9.59 Å². The van der Waals surface area contributed by atoms with Crippen LogP contribution in [0.15, 0.2) is 47.1 Å². The normalized spacial score (nSPS) is 17.8. The molecule has 0 N–H and O–H groups in total. The first-order chi connectivity index (χ1) is 14.6. The second-order valence-corrected chi connectivity index (χ2v) is 8.00. The molecule has 3 heterocycles. The molecular formula is C23H29N3O4. The largest absolute Gasteiger partial charge is 0.459 e. The van der Waals surface area contributed by atoms with E-state index in [-0.39, 0.29) is 17.7 Å². The number of piperidine rings is 1. The first kappa shape index (κ1) is 20.5. The van der Waals surface area contributed by atoms with Gasteiger partial charge in [-0.1, -0.05) is 12.1 Å². The van der Waals surface area contributed by atoms with Crippen molar-refractivity contribution < 1.29 is 18.7 Å². The van der Waals surface area contributed by atoms with Crippen molar-refractivity contribution in [2.24, 2.45) is 5.92 Å². The molecule has 1 aromatic carbocycles. The zero-order valence-corrected chi connectivity index (χ0v) is 17.5. The van der Waals surface area contributed by atoms with Crippen molar-refractivity contribution in [3.63, 3.8) is 0 Å². The molecule has 0 saturated carbocycles. The number of benzene rings is 1. The maximum absolute atomic E-state index is 12.9. The Balaban J connectivity index is 1.27. The number of furan rings is 1. The van der Waals surface area contributed by atoms with Crippen LogP contribution < -0.4 is 4.90 Å². The van der Waals surface area contributed by atoms with Crippen molar-refractivity contribution in [1.29, 1.82) is 0 Å². The molecule has 7 nitrogen and oxygen atoms in total. The van der Waals surface area contributed by atoms with Crippen LogP contribution in [-0.4, -0.2) is 68.1 Å². The summed E-state index contributed by atoms with van der Waals surface area (Å²) in [6.45, 7) is 5.12. The highest BCUT2D eigenvalue weighted by molar-refractivity contribution is 5.91. The number of nitrogens with zero attached hydrogens (tertiary/aromatic N) is 3. The second-order valence-electron chi connectivity index (χ2n) is 8.00. The van der Waals surface area contributed by atoms with E-state index in [1.807, 2.05) is 7.05 Å². The minimum absolute atomic E-state index is 0.0386. The van der Waals surface area contributed by atoms with Crippen molar-refractivity contribution in [3.8, 4) is 0 Å². The van der Waals surface area contributed by atoms with Gasteiger partial charge in [0.1, 0.15) is 0 Å². The number of hydrogen-bond acceptors (Lipinski definition) is 5. The molecule has 0 spiro atoms. The van der Waals surface area contributed by atoms with Gasteiger partial charge in [-0.25, -0.2) is 0 Å². The number of carbonyl (C=O) groups is 2. The lowest BCUT2D eigenvalue weighted by molar-refractivity contribution is -0.136. The minimum Gasteiger partial charge on any atom is -0.459 e. The van der Waals surface area contributed by atoms with E-state index >= 15 is 0 Å². The molecule has 2 aromatic rings. The lowest BCUT2D eigenvalue weighted by Gasteiger charge is -2.33. The summed E-state index contributed by atoms with van der Waals surface area (Å²) in [5.74, 6) is 0.373. The van der Waals surface area contributed by atoms with Crippen molar-refractivity contribution in [3.05, 3.63) is 54.0 Å². The van der Waals surface area contributed by atoms with E-state index in [2.05, 4.69) is 29.2 Å². The molecule has 160 valence electrons. The fourth-order valence-corrected chi connectivity index (χ4v) is 4.18. The maximum Gasteiger partial charge on any atom is 0.289 e. The van der Waals surface area contributed by atoms with Gasteiger partial charge >= 0.3 is 0 Å². The van der Waals surface area contributed by atoms with Gasteiger partial charge in [0, 0.05) is 51.4 Å². The van der Waals surface area contributed by atoms with Crippen LogP contribution in [0.25, 0.3) is 0 Å². The number of ether oxygens (including phenoxy) is 1. The Bertz CT molecular complexity index is 836. The second kappa shape index (κ2) is 9.34. The molecule has 7 heteroatoms. The van der Waals surface area contributed by atoms with Crippen LogP contribution in [0.1, 0.15) is 29.0 Å². The molecule has 1 aromatic heterocycles. The van der Waals surface area contributed by atoms with Crippen LogP contribution in [0.3, 0.4) is 0 Å². The lowest BCUT2D eigenvalue weighted by atomic mass is 9.95. The van der Waals surface area contributed by atoms with Crippen molar-refractivity contribution in [2.75, 3.05) is 51.3 Å². The third-order valence-corrected chi connectivity index (χ3v) is 5.97. The Kier molecular flexibility index (Phi) is 6.38. The lowest BCUT2D eigenvalue weighted by Crippen LogP contribution is -2.43. The Hall–Kier alpha value is -2.80. The molecule has 0 bridgehead atoms. The van der Waals surface area contributed by atoms with Crippen LogP contribution in [0.5, 0.6) is 0 Å². The van der Waals surface area contributed by atoms with Gasteiger partial charge in [0.05, 0.1) is 19.5 Å². The summed E-state index contributed by atoms with van der Waals surface area (Å²) in [5, 5.41) is 0. The van der Waals surface area contributed by atoms with Gasteiger partial charge in [-0.05, 0) is 42.7 Å². The topological polar surface area (TPSA) is 66.2 Å². The summed E-state index contributed by atoms with van der Waals surface area (Å²) in [6, 6.07) is 11.8. The Morgan fingerprint density at radius 2 is 1.73 bits per heavy atom. The molecule has 2 aliphatic rings. The van der Waals surface area contributed by atoms with E-state index in [9.17, 15) is 9.59 Å². The SMILES string of the molecule is CN(Cc1ccc(N2CCOCC2)cc1)C(=O)C1CCN(C(=O)c2ccco2)CC1. The summed E-state index contributed by atoms with van der Waals surface area (Å²) in [6.07, 6.45) is 2.88. The van der Waals surface area contributed by atoms with Gasteiger partial charge in [0.15, 0.2) is 5.76 Å². The summed E-state index contributed by atoms with van der Waals surface area (Å²) >= 11 is 0. The van der Waals surface area contributed by atoms with E-state index in [4.69, 9.17) is 9.15 Å². The highest BCUT2D eigenvalue weighted by atomic mass is 16.5. The van der Waals surface area contributed by atoms with Crippen LogP contribution in [0.2, 0.25) is 0 Å². The monoisotopic (exact) mass is 411 g/mol. The predicted octanol–water partition coefficient (Wildman–Crippen LogP) is 2.63. The van der Waals surface area contributed by atoms with Crippen LogP contribution in [0, 0.1) is 5.92 Å². The molecule has 2 fully saturated rings. The van der Waals surface area contributed by atoms with E-state index < -0.39 is 0 Å². The van der Waals surface area contributed by atoms with Crippen molar-refractivity contribution in [1.82, 2.24) is 9.80 Å². The predicted molar refractivity (Wildman–Crippen MR) is 113 cm³/mol. The number of likely N-dealkylation sites (tertiary alicyclic amines) is 1. The van der Waals surface area contributed by atoms with Crippen LogP contribution in [-0.2, 0) is 16.1 Å². The van der Waals surface area contributed by atoms with Crippen LogP contribution in [0.4, 0.5) is 5.69 Å². The molecule has 2 amide bonds. The summed E-state index contributed by atoms with van der Waals surface area (Å²) < 4.78 is 10.6. The molecular weight excluding hydrogens is 382 g/mol. The fraction of sp³-hybridized carbons (Fsp3) is 0.478. The smallest absolute Gasteiger partial charge is 0.289 e. The minimum atomic E-state index is -0.0976. The van der Waals surface area contributed by atoms with Crippen molar-refractivity contribution >= 4 is 17.5 Å². The fourth-order valence-electron chi connectivity index (χ4n) is 4.18. The van der Waals surface area contributed by atoms with Gasteiger partial charge in [0.2, 0.25) is 5.91 Å². The molecule has 0 radical (unpaired) electrons. The summed E-state index contributed by atoms with van der Waals surface area (Å²) in [7, 11) is 1.86. The van der Waals surface area contributed by atoms with E-state index in [0.717, 1.165) is 31.9 Å². The Labute approximate surface area is 177 Å². The van der Waals surface area contributed by atoms with E-state index in [1.165, 1.54) is 12.0 Å². The van der Waals surface area contributed by atoms with Crippen LogP contribution >= 0.6 is 0 Å². The molecule has 0 aliphatic carbocycles. The number of morpholine rings is 1. The maximum atomic E-state index is 12.9. The number of anilines is 1. The molecule has 0 unspecified atom stereocenters. The molecule has 30 heavy (non-hydrogen) atoms. The van der Waals surface area contributed by atoms with Gasteiger partial charge < -0.3 is 23.9 Å². The summed E-state index contributed by atoms with van der Waals surface area (Å²) in [5.41, 5.74) is 2.32. The number of hydrogen-bond donors (Lipinski definition) is 0. The first-order valence-electron chi connectivity index (χ1n) is 10.6. The number of carbonyl (C=O) groups excluding carboxylic acids is 2. The molecule has 2 aliphatic heterocycles. The van der Waals surface area contributed by atoms with Gasteiger partial charge in [-0.15, -0.1) is 0 Å². The average Bonchev–Trinajstić information content (AvgIpc) is 3.34. The quantitative estimate of drug-likeness (QED) is 0.757. The first-order valence-corrected chi connectivity index (χ1v) is 10.6. The van der Waals surface area contributed by atoms with Gasteiger partial charge in [0.25, 0.3) is 5.91 Å². The highest BCUT2D eigenvalue weighted by Gasteiger charge is 2.30. The van der Waals surface area contributed by atoms with Gasteiger partial charge in [-0.2, -0.15) is 0 Å². The van der Waals surface area contributed by atoms with Crippen molar-refractivity contribution in [2.45, 2.75) is 19.4 Å². The summed E-state index contributed by atoms with van der Waals surface area (Å²) in [4.78, 5) is 31.2. The standard InChI is InChI=1S/C23H29N3O4/c1-24(17-18-4-6-20(7-5-18)25-12-15-29-16-13-25)22(27)19-8-10-26(11-9-19)23(28)21-3-2-14-30-21/h2-7,14,19H,8-13,15-17H2,1H3. The zero-order chi connectivity index (χ0) is 20.9. The van der Waals surface area contributed by atoms with E-state index in [1.54, 1.807) is 21.9 Å². The Morgan fingerprint density at radius 1 is 1.03 bits per heavy atom. The highest BCUT2D eigenvalue weighted by Crippen LogP contribution is 2.23. The third kappa shape index (κ3) is 4.67. The molecule has 0 atom stereocenters. The molecule has 2 saturated heterocycles. The number of rotatable bonds is 5. The Morgan fingerprint density at radius 3 is 2.37 bits per heavy atom. The van der Waals surface area contributed by atoms with E-state index in [0.29, 0.717) is 38.2 Å². The molecule has 4 rings (SSSR count). The zero-order valence-electron chi connectivity index (χ0n) is 17.5. The number of amides is 2.